The second-order valence-corrected chi connectivity index (χ2v) is 7.13. The number of carboxylic acid groups (broad SMARTS) is 1. The molecule has 0 saturated heterocycles. The van der Waals surface area contributed by atoms with E-state index in [1.54, 1.807) is 31.4 Å². The van der Waals surface area contributed by atoms with Gasteiger partial charge in [0, 0.05) is 15.6 Å². The minimum atomic E-state index is -4.06. The summed E-state index contributed by atoms with van der Waals surface area (Å²) in [7, 11) is -4.06. The summed E-state index contributed by atoms with van der Waals surface area (Å²) in [4.78, 5) is 24.1. The molecule has 0 unspecified atom stereocenters. The molecule has 0 radical (unpaired) electrons. The van der Waals surface area contributed by atoms with Crippen molar-refractivity contribution in [3.63, 3.8) is 0 Å². The third-order valence-corrected chi connectivity index (χ3v) is 5.74. The minimum Gasteiger partial charge on any atom is -0.478 e. The van der Waals surface area contributed by atoms with Crippen molar-refractivity contribution in [2.75, 3.05) is 13.2 Å². The first-order valence-corrected chi connectivity index (χ1v) is 9.04. The number of hydrogen-bond donors (Lipinski definition) is 1. The number of aromatic carboxylic acids is 1. The highest BCUT2D eigenvalue weighted by Crippen LogP contribution is 2.52. The molecule has 0 saturated carbocycles. The van der Waals surface area contributed by atoms with Gasteiger partial charge in [0.25, 0.3) is 5.52 Å². The zero-order valence-corrected chi connectivity index (χ0v) is 13.8. The standard InChI is InChI=1S/C14H15O6PS/c1-3-19-21(18,20-4-2)14(17)10-5-6-11-9(7-8-22-11)12(10)13(15)16/h5-8H,3-4H2,1-2H3,(H,15,16). The highest BCUT2D eigenvalue weighted by atomic mass is 32.1. The average molecular weight is 342 g/mol. The molecular weight excluding hydrogens is 327 g/mol. The van der Waals surface area contributed by atoms with Crippen LogP contribution in [0.4, 0.5) is 0 Å². The van der Waals surface area contributed by atoms with E-state index in [0.29, 0.717) is 5.39 Å². The number of benzene rings is 1. The van der Waals surface area contributed by atoms with Gasteiger partial charge in [0.15, 0.2) is 0 Å². The molecule has 8 heteroatoms. The van der Waals surface area contributed by atoms with Crippen LogP contribution in [0.1, 0.15) is 34.6 Å². The summed E-state index contributed by atoms with van der Waals surface area (Å²) in [6.45, 7) is 3.20. The molecule has 0 aliphatic heterocycles. The van der Waals surface area contributed by atoms with E-state index in [2.05, 4.69) is 0 Å². The maximum Gasteiger partial charge on any atom is 0.401 e. The second-order valence-electron chi connectivity index (χ2n) is 4.26. The highest BCUT2D eigenvalue weighted by molar-refractivity contribution is 7.72. The maximum atomic E-state index is 12.6. The van der Waals surface area contributed by atoms with Crippen LogP contribution in [0.2, 0.25) is 0 Å². The normalized spacial score (nSPS) is 11.7. The smallest absolute Gasteiger partial charge is 0.401 e. The SMILES string of the molecule is CCOP(=O)(OCC)C(=O)c1ccc2sccc2c1C(=O)O. The fourth-order valence-electron chi connectivity index (χ4n) is 2.09. The molecule has 0 aliphatic rings. The first-order chi connectivity index (χ1) is 10.4. The minimum absolute atomic E-state index is 0.0200. The molecule has 2 aromatic rings. The van der Waals surface area contributed by atoms with Crippen LogP contribution in [0, 0.1) is 0 Å². The molecule has 0 atom stereocenters. The molecule has 118 valence electrons. The van der Waals surface area contributed by atoms with Gasteiger partial charge in [0.05, 0.1) is 18.8 Å². The summed E-state index contributed by atoms with van der Waals surface area (Å²) in [5.41, 5.74) is -1.27. The Bertz CT molecular complexity index is 756. The molecule has 0 amide bonds. The summed E-state index contributed by atoms with van der Waals surface area (Å²) < 4.78 is 23.3. The van der Waals surface area contributed by atoms with Crippen molar-refractivity contribution in [2.45, 2.75) is 13.8 Å². The first kappa shape index (κ1) is 16.8. The largest absolute Gasteiger partial charge is 0.478 e. The van der Waals surface area contributed by atoms with E-state index < -0.39 is 19.1 Å². The molecular formula is C14H15O6PS. The third-order valence-electron chi connectivity index (χ3n) is 2.93. The van der Waals surface area contributed by atoms with E-state index in [1.165, 1.54) is 17.4 Å². The van der Waals surface area contributed by atoms with Crippen LogP contribution in [-0.2, 0) is 13.6 Å². The number of rotatable bonds is 7. The Morgan fingerprint density at radius 3 is 2.36 bits per heavy atom. The van der Waals surface area contributed by atoms with Crippen LogP contribution in [0.5, 0.6) is 0 Å². The number of fused-ring (bicyclic) bond motifs is 1. The lowest BCUT2D eigenvalue weighted by Gasteiger charge is -2.16. The molecule has 1 aromatic heterocycles. The molecule has 0 fully saturated rings. The van der Waals surface area contributed by atoms with E-state index in [9.17, 15) is 19.3 Å². The van der Waals surface area contributed by atoms with Gasteiger partial charge < -0.3 is 14.2 Å². The Balaban J connectivity index is 2.62. The topological polar surface area (TPSA) is 89.9 Å². The Morgan fingerprint density at radius 2 is 1.82 bits per heavy atom. The van der Waals surface area contributed by atoms with E-state index in [-0.39, 0.29) is 24.3 Å². The Labute approximate surface area is 131 Å². The van der Waals surface area contributed by atoms with Gasteiger partial charge in [-0.25, -0.2) is 4.79 Å². The molecule has 22 heavy (non-hydrogen) atoms. The lowest BCUT2D eigenvalue weighted by atomic mass is 10.0. The van der Waals surface area contributed by atoms with Crippen LogP contribution in [0.15, 0.2) is 23.6 Å². The van der Waals surface area contributed by atoms with E-state index in [4.69, 9.17) is 9.05 Å². The van der Waals surface area contributed by atoms with Gasteiger partial charge in [0.1, 0.15) is 0 Å². The van der Waals surface area contributed by atoms with Crippen molar-refractivity contribution < 1.29 is 28.3 Å². The zero-order chi connectivity index (χ0) is 16.3. The van der Waals surface area contributed by atoms with Crippen LogP contribution >= 0.6 is 18.9 Å². The lowest BCUT2D eigenvalue weighted by molar-refractivity contribution is 0.0695. The first-order valence-electron chi connectivity index (χ1n) is 6.62. The van der Waals surface area contributed by atoms with Crippen LogP contribution in [-0.4, -0.2) is 29.8 Å². The summed E-state index contributed by atoms with van der Waals surface area (Å²) in [6, 6.07) is 4.60. The molecule has 0 aliphatic carbocycles. The van der Waals surface area contributed by atoms with Crippen molar-refractivity contribution in [1.82, 2.24) is 0 Å². The number of carbonyl (C=O) groups is 2. The summed E-state index contributed by atoms with van der Waals surface area (Å²) in [6.07, 6.45) is 0. The highest BCUT2D eigenvalue weighted by Gasteiger charge is 2.38. The molecule has 0 bridgehead atoms. The average Bonchev–Trinajstić information content (AvgIpc) is 2.93. The predicted octanol–water partition coefficient (Wildman–Crippen LogP) is 4.01. The summed E-state index contributed by atoms with van der Waals surface area (Å²) in [5, 5.41) is 11.6. The number of carboxylic acids is 1. The molecule has 1 aromatic carbocycles. The Hall–Kier alpha value is -1.53. The quantitative estimate of drug-likeness (QED) is 0.765. The van der Waals surface area contributed by atoms with Gasteiger partial charge in [-0.15, -0.1) is 11.3 Å². The van der Waals surface area contributed by atoms with Gasteiger partial charge in [-0.05, 0) is 37.4 Å². The molecule has 1 N–H and O–H groups in total. The van der Waals surface area contributed by atoms with Crippen molar-refractivity contribution >= 4 is 40.5 Å². The fraction of sp³-hybridized carbons (Fsp3) is 0.286. The number of hydrogen-bond acceptors (Lipinski definition) is 6. The van der Waals surface area contributed by atoms with Gasteiger partial charge in [0.2, 0.25) is 0 Å². The second kappa shape index (κ2) is 6.71. The zero-order valence-electron chi connectivity index (χ0n) is 12.1. The Morgan fingerprint density at radius 1 is 1.18 bits per heavy atom. The monoisotopic (exact) mass is 342 g/mol. The predicted molar refractivity (Wildman–Crippen MR) is 84.0 cm³/mol. The molecule has 0 spiro atoms. The number of thiophene rings is 1. The van der Waals surface area contributed by atoms with Crippen LogP contribution in [0.25, 0.3) is 10.1 Å². The third kappa shape index (κ3) is 2.98. The summed E-state index contributed by atoms with van der Waals surface area (Å²) >= 11 is 1.36. The van der Waals surface area contributed by atoms with E-state index in [1.807, 2.05) is 0 Å². The van der Waals surface area contributed by atoms with Crippen LogP contribution < -0.4 is 0 Å². The van der Waals surface area contributed by atoms with Gasteiger partial charge in [-0.2, -0.15) is 0 Å². The lowest BCUT2D eigenvalue weighted by Crippen LogP contribution is -2.12. The Kier molecular flexibility index (Phi) is 5.13. The van der Waals surface area contributed by atoms with Crippen molar-refractivity contribution in [2.24, 2.45) is 0 Å². The summed E-state index contributed by atoms with van der Waals surface area (Å²) in [5.74, 6) is -1.26. The number of carbonyl (C=O) groups excluding carboxylic acids is 1. The van der Waals surface area contributed by atoms with Gasteiger partial charge >= 0.3 is 13.6 Å². The van der Waals surface area contributed by atoms with Gasteiger partial charge in [-0.1, -0.05) is 0 Å². The van der Waals surface area contributed by atoms with Crippen molar-refractivity contribution in [3.8, 4) is 0 Å². The van der Waals surface area contributed by atoms with E-state index in [0.717, 1.165) is 4.70 Å². The van der Waals surface area contributed by atoms with Crippen LogP contribution in [0.3, 0.4) is 0 Å². The molecule has 6 nitrogen and oxygen atoms in total. The van der Waals surface area contributed by atoms with E-state index >= 15 is 0 Å². The molecule has 1 heterocycles. The van der Waals surface area contributed by atoms with Crippen molar-refractivity contribution in [1.29, 1.82) is 0 Å². The fourth-order valence-corrected chi connectivity index (χ4v) is 4.36. The van der Waals surface area contributed by atoms with Gasteiger partial charge in [-0.3, -0.25) is 9.36 Å². The molecule has 2 rings (SSSR count). The van der Waals surface area contributed by atoms with Crippen molar-refractivity contribution in [3.05, 3.63) is 34.7 Å². The maximum absolute atomic E-state index is 12.6.